The lowest BCUT2D eigenvalue weighted by molar-refractivity contribution is -0.123. The van der Waals surface area contributed by atoms with Crippen molar-refractivity contribution >= 4 is 28.8 Å². The molecule has 1 aliphatic carbocycles. The van der Waals surface area contributed by atoms with E-state index in [4.69, 9.17) is 17.3 Å². The summed E-state index contributed by atoms with van der Waals surface area (Å²) in [5.41, 5.74) is 6.63. The molecule has 29 heavy (non-hydrogen) atoms. The van der Waals surface area contributed by atoms with Crippen LogP contribution in [0.2, 0.25) is 5.28 Å². The van der Waals surface area contributed by atoms with Crippen molar-refractivity contribution in [2.45, 2.75) is 5.67 Å². The van der Waals surface area contributed by atoms with Crippen LogP contribution in [0.4, 0.5) is 8.78 Å². The number of halogens is 3. The second-order valence-electron chi connectivity index (χ2n) is 6.35. The molecular formula is C20H13ClF2N4OS. The summed E-state index contributed by atoms with van der Waals surface area (Å²) in [6.07, 6.45) is 4.44. The van der Waals surface area contributed by atoms with Gasteiger partial charge in [-0.1, -0.05) is 18.2 Å². The molecule has 146 valence electrons. The third kappa shape index (κ3) is 3.56. The van der Waals surface area contributed by atoms with Crippen LogP contribution in [0.15, 0.2) is 66.1 Å². The van der Waals surface area contributed by atoms with Gasteiger partial charge in [0.2, 0.25) is 11.2 Å². The molecule has 2 atom stereocenters. The van der Waals surface area contributed by atoms with Crippen molar-refractivity contribution in [1.82, 2.24) is 15.0 Å². The molecule has 1 amide bonds. The van der Waals surface area contributed by atoms with Gasteiger partial charge in [0.15, 0.2) is 5.67 Å². The van der Waals surface area contributed by atoms with Gasteiger partial charge in [0, 0.05) is 11.8 Å². The lowest BCUT2D eigenvalue weighted by Crippen LogP contribution is -2.38. The van der Waals surface area contributed by atoms with Gasteiger partial charge in [-0.05, 0) is 47.5 Å². The molecule has 0 spiro atoms. The van der Waals surface area contributed by atoms with Crippen molar-refractivity contribution in [2.24, 2.45) is 11.7 Å². The van der Waals surface area contributed by atoms with E-state index in [-0.39, 0.29) is 10.8 Å². The number of primary amides is 1. The summed E-state index contributed by atoms with van der Waals surface area (Å²) >= 11 is 7.24. The van der Waals surface area contributed by atoms with E-state index in [2.05, 4.69) is 15.0 Å². The van der Waals surface area contributed by atoms with Crippen LogP contribution in [0.3, 0.4) is 0 Å². The van der Waals surface area contributed by atoms with Gasteiger partial charge in [-0.3, -0.25) is 4.79 Å². The zero-order valence-electron chi connectivity index (χ0n) is 14.7. The summed E-state index contributed by atoms with van der Waals surface area (Å²) in [6.45, 7) is 0. The number of aromatic nitrogens is 3. The number of hydrogen-bond acceptors (Lipinski definition) is 5. The van der Waals surface area contributed by atoms with Gasteiger partial charge in [0.05, 0.1) is 21.8 Å². The maximum absolute atomic E-state index is 15.8. The fourth-order valence-electron chi connectivity index (χ4n) is 3.21. The second kappa shape index (κ2) is 7.46. The van der Waals surface area contributed by atoms with E-state index in [1.807, 2.05) is 0 Å². The van der Waals surface area contributed by atoms with Crippen LogP contribution in [-0.2, 0) is 10.5 Å². The van der Waals surface area contributed by atoms with Crippen molar-refractivity contribution in [2.75, 3.05) is 0 Å². The number of rotatable bonds is 4. The number of amides is 1. The largest absolute Gasteiger partial charge is 0.369 e. The second-order valence-corrected chi connectivity index (χ2v) is 7.55. The number of carbonyl (C=O) groups excluding carboxylic acids is 1. The van der Waals surface area contributed by atoms with Crippen LogP contribution in [0.25, 0.3) is 21.8 Å². The summed E-state index contributed by atoms with van der Waals surface area (Å²) in [7, 11) is 0. The third-order valence-corrected chi connectivity index (χ3v) is 5.61. The molecule has 2 unspecified atom stereocenters. The maximum atomic E-state index is 15.8. The molecule has 0 fully saturated rings. The van der Waals surface area contributed by atoms with E-state index in [9.17, 15) is 9.18 Å². The van der Waals surface area contributed by atoms with Crippen molar-refractivity contribution in [1.29, 1.82) is 0 Å². The maximum Gasteiger partial charge on any atom is 0.228 e. The van der Waals surface area contributed by atoms with Gasteiger partial charge in [0.1, 0.15) is 11.7 Å². The van der Waals surface area contributed by atoms with Crippen LogP contribution < -0.4 is 5.73 Å². The van der Waals surface area contributed by atoms with Gasteiger partial charge in [-0.2, -0.15) is 0 Å². The fraction of sp³-hybridized carbons (Fsp3) is 0.100. The molecule has 9 heteroatoms. The molecular weight excluding hydrogens is 418 g/mol. The first-order valence-electron chi connectivity index (χ1n) is 8.46. The van der Waals surface area contributed by atoms with E-state index in [0.717, 1.165) is 23.1 Å². The van der Waals surface area contributed by atoms with Crippen molar-refractivity contribution < 1.29 is 13.6 Å². The van der Waals surface area contributed by atoms with Crippen molar-refractivity contribution in [3.63, 3.8) is 0 Å². The number of thiazole rings is 1. The average molecular weight is 431 g/mol. The summed E-state index contributed by atoms with van der Waals surface area (Å²) in [4.78, 5) is 25.0. The molecule has 0 aliphatic heterocycles. The summed E-state index contributed by atoms with van der Waals surface area (Å²) < 4.78 is 29.4. The number of carbonyl (C=O) groups is 1. The van der Waals surface area contributed by atoms with Crippen LogP contribution in [-0.4, -0.2) is 20.9 Å². The van der Waals surface area contributed by atoms with Gasteiger partial charge in [-0.25, -0.2) is 23.7 Å². The molecule has 3 aromatic rings. The number of hydrogen-bond donors (Lipinski definition) is 1. The Kier molecular flexibility index (Phi) is 4.97. The molecule has 0 saturated carbocycles. The highest BCUT2D eigenvalue weighted by Gasteiger charge is 2.43. The predicted octanol–water partition coefficient (Wildman–Crippen LogP) is 4.61. The highest BCUT2D eigenvalue weighted by molar-refractivity contribution is 7.13. The Hall–Kier alpha value is -2.97. The number of allylic oxidation sites excluding steroid dienone is 3. The molecule has 1 aliphatic rings. The fourth-order valence-corrected chi connectivity index (χ4v) is 4.13. The molecule has 4 rings (SSSR count). The average Bonchev–Trinajstić information content (AvgIpc) is 3.20. The van der Waals surface area contributed by atoms with Gasteiger partial charge >= 0.3 is 0 Å². The van der Waals surface area contributed by atoms with Crippen LogP contribution >= 0.6 is 22.9 Å². The molecule has 0 radical (unpaired) electrons. The zero-order chi connectivity index (χ0) is 20.6. The van der Waals surface area contributed by atoms with E-state index in [1.165, 1.54) is 23.6 Å². The minimum Gasteiger partial charge on any atom is -0.369 e. The lowest BCUT2D eigenvalue weighted by Gasteiger charge is -2.30. The Balaban J connectivity index is 1.79. The molecule has 2 aromatic heterocycles. The summed E-state index contributed by atoms with van der Waals surface area (Å²) in [5.74, 6) is -3.12. The molecule has 0 bridgehead atoms. The van der Waals surface area contributed by atoms with Crippen molar-refractivity contribution in [3.05, 3.63) is 76.9 Å². The van der Waals surface area contributed by atoms with E-state index >= 15 is 4.39 Å². The van der Waals surface area contributed by atoms with Gasteiger partial charge in [-0.15, -0.1) is 11.3 Å². The Morgan fingerprint density at radius 3 is 2.86 bits per heavy atom. The quantitative estimate of drug-likeness (QED) is 0.613. The van der Waals surface area contributed by atoms with Crippen molar-refractivity contribution in [3.8, 4) is 21.8 Å². The molecule has 5 nitrogen and oxygen atoms in total. The highest BCUT2D eigenvalue weighted by Crippen LogP contribution is 2.42. The van der Waals surface area contributed by atoms with E-state index < -0.39 is 23.3 Å². The molecule has 1 aromatic carbocycles. The Labute approximate surface area is 173 Å². The normalized spacial score (nSPS) is 21.1. The minimum atomic E-state index is -2.27. The van der Waals surface area contributed by atoms with Gasteiger partial charge in [0.25, 0.3) is 0 Å². The van der Waals surface area contributed by atoms with E-state index in [1.54, 1.807) is 29.8 Å². The van der Waals surface area contributed by atoms with Crippen LogP contribution in [0.5, 0.6) is 0 Å². The SMILES string of the molecule is NC(=O)C1C=C(F)C=CC1(F)c1cccc(-c2ncsc2-c2ccnc(Cl)n2)c1. The lowest BCUT2D eigenvalue weighted by atomic mass is 9.79. The number of benzene rings is 1. The monoisotopic (exact) mass is 430 g/mol. The zero-order valence-corrected chi connectivity index (χ0v) is 16.3. The first-order chi connectivity index (χ1) is 13.9. The highest BCUT2D eigenvalue weighted by atomic mass is 35.5. The Morgan fingerprint density at radius 2 is 2.10 bits per heavy atom. The topological polar surface area (TPSA) is 81.8 Å². The molecule has 2 heterocycles. The van der Waals surface area contributed by atoms with Crippen LogP contribution in [0, 0.1) is 5.92 Å². The smallest absolute Gasteiger partial charge is 0.228 e. The predicted molar refractivity (Wildman–Crippen MR) is 107 cm³/mol. The minimum absolute atomic E-state index is 0.101. The Bertz CT molecular complexity index is 1160. The Morgan fingerprint density at radius 1 is 1.28 bits per heavy atom. The standard InChI is InChI=1S/C20H13ClF2N4OS/c21-19-25-7-5-15(27-19)17-16(26-10-29-17)11-2-1-3-12(8-11)20(23)6-4-13(22)9-14(20)18(24)28/h1-10,14H,(H2,24,28). The molecule has 0 saturated heterocycles. The summed E-state index contributed by atoms with van der Waals surface area (Å²) in [6, 6.07) is 8.19. The van der Waals surface area contributed by atoms with E-state index in [0.29, 0.717) is 17.0 Å². The summed E-state index contributed by atoms with van der Waals surface area (Å²) in [5, 5.41) is 0.101. The van der Waals surface area contributed by atoms with Gasteiger partial charge < -0.3 is 5.73 Å². The third-order valence-electron chi connectivity index (χ3n) is 4.57. The first kappa shape index (κ1) is 19.4. The first-order valence-corrected chi connectivity index (χ1v) is 9.72. The number of nitrogens with zero attached hydrogens (tertiary/aromatic N) is 3. The number of alkyl halides is 1. The number of nitrogens with two attached hydrogens (primary N) is 1. The molecule has 2 N–H and O–H groups in total. The van der Waals surface area contributed by atoms with Crippen LogP contribution in [0.1, 0.15) is 5.56 Å².